The van der Waals surface area contributed by atoms with Gasteiger partial charge in [-0.1, -0.05) is 53.2 Å². The Morgan fingerprint density at radius 2 is 1.76 bits per heavy atom. The van der Waals surface area contributed by atoms with Gasteiger partial charge in [0.05, 0.1) is 0 Å². The SMILES string of the molecule is CCC(=O)c1cc(Br)cc(-c2ccccc2)c1. The first-order valence-electron chi connectivity index (χ1n) is 5.60. The summed E-state index contributed by atoms with van der Waals surface area (Å²) in [6.45, 7) is 1.88. The van der Waals surface area contributed by atoms with Crippen molar-refractivity contribution in [3.63, 3.8) is 0 Å². The molecule has 0 aliphatic heterocycles. The molecule has 0 unspecified atom stereocenters. The van der Waals surface area contributed by atoms with E-state index < -0.39 is 0 Å². The van der Waals surface area contributed by atoms with Gasteiger partial charge in [0.15, 0.2) is 5.78 Å². The number of carbonyl (C=O) groups is 1. The molecule has 0 atom stereocenters. The predicted molar refractivity (Wildman–Crippen MR) is 74.2 cm³/mol. The van der Waals surface area contributed by atoms with Crippen LogP contribution in [-0.4, -0.2) is 5.78 Å². The van der Waals surface area contributed by atoms with Gasteiger partial charge in [0, 0.05) is 16.5 Å². The predicted octanol–water partition coefficient (Wildman–Crippen LogP) is 4.71. The van der Waals surface area contributed by atoms with E-state index in [9.17, 15) is 4.79 Å². The fraction of sp³-hybridized carbons (Fsp3) is 0.133. The zero-order valence-corrected chi connectivity index (χ0v) is 11.2. The Labute approximate surface area is 110 Å². The zero-order chi connectivity index (χ0) is 12.3. The summed E-state index contributed by atoms with van der Waals surface area (Å²) in [4.78, 5) is 11.7. The number of Topliss-reactive ketones (excluding diaryl/α,β-unsaturated/α-hetero) is 1. The molecule has 0 amide bonds. The first-order chi connectivity index (χ1) is 8.20. The second kappa shape index (κ2) is 5.28. The largest absolute Gasteiger partial charge is 0.294 e. The second-order valence-electron chi connectivity index (χ2n) is 3.87. The lowest BCUT2D eigenvalue weighted by atomic mass is 10.0. The highest BCUT2D eigenvalue weighted by Crippen LogP contribution is 2.25. The summed E-state index contributed by atoms with van der Waals surface area (Å²) in [7, 11) is 0. The molecular weight excluding hydrogens is 276 g/mol. The third kappa shape index (κ3) is 2.83. The smallest absolute Gasteiger partial charge is 0.162 e. The van der Waals surface area contributed by atoms with Gasteiger partial charge in [-0.15, -0.1) is 0 Å². The van der Waals surface area contributed by atoms with E-state index in [4.69, 9.17) is 0 Å². The number of ketones is 1. The first kappa shape index (κ1) is 12.1. The number of carbonyl (C=O) groups excluding carboxylic acids is 1. The van der Waals surface area contributed by atoms with Gasteiger partial charge in [0.1, 0.15) is 0 Å². The van der Waals surface area contributed by atoms with E-state index in [-0.39, 0.29) is 5.78 Å². The molecule has 0 aliphatic rings. The average Bonchev–Trinajstić information content (AvgIpc) is 2.38. The van der Waals surface area contributed by atoms with Crippen LogP contribution in [0.2, 0.25) is 0 Å². The molecule has 0 heterocycles. The van der Waals surface area contributed by atoms with E-state index in [0.29, 0.717) is 6.42 Å². The highest BCUT2D eigenvalue weighted by Gasteiger charge is 2.07. The van der Waals surface area contributed by atoms with Gasteiger partial charge in [-0.3, -0.25) is 4.79 Å². The van der Waals surface area contributed by atoms with Gasteiger partial charge in [-0.05, 0) is 29.3 Å². The maximum Gasteiger partial charge on any atom is 0.162 e. The van der Waals surface area contributed by atoms with Gasteiger partial charge in [-0.25, -0.2) is 0 Å². The van der Waals surface area contributed by atoms with Crippen LogP contribution in [0.25, 0.3) is 11.1 Å². The van der Waals surface area contributed by atoms with Crippen molar-refractivity contribution in [2.45, 2.75) is 13.3 Å². The minimum atomic E-state index is 0.170. The molecule has 2 aromatic rings. The summed E-state index contributed by atoms with van der Waals surface area (Å²) in [6.07, 6.45) is 0.532. The summed E-state index contributed by atoms with van der Waals surface area (Å²) >= 11 is 3.46. The maximum atomic E-state index is 11.7. The number of halogens is 1. The van der Waals surface area contributed by atoms with Crippen LogP contribution in [0.15, 0.2) is 53.0 Å². The van der Waals surface area contributed by atoms with E-state index >= 15 is 0 Å². The van der Waals surface area contributed by atoms with E-state index in [0.717, 1.165) is 21.2 Å². The molecule has 0 N–H and O–H groups in total. The molecule has 2 aromatic carbocycles. The van der Waals surface area contributed by atoms with Crippen LogP contribution in [0.3, 0.4) is 0 Å². The Morgan fingerprint density at radius 1 is 1.06 bits per heavy atom. The Balaban J connectivity index is 2.49. The lowest BCUT2D eigenvalue weighted by molar-refractivity contribution is 0.0988. The Morgan fingerprint density at radius 3 is 2.41 bits per heavy atom. The molecule has 2 heteroatoms. The van der Waals surface area contributed by atoms with Crippen molar-refractivity contribution in [1.82, 2.24) is 0 Å². The van der Waals surface area contributed by atoms with Gasteiger partial charge in [0.25, 0.3) is 0 Å². The average molecular weight is 289 g/mol. The lowest BCUT2D eigenvalue weighted by Gasteiger charge is -2.05. The quantitative estimate of drug-likeness (QED) is 0.748. The summed E-state index contributed by atoms with van der Waals surface area (Å²) in [5.74, 6) is 0.170. The molecule has 0 bridgehead atoms. The molecular formula is C15H13BrO. The monoisotopic (exact) mass is 288 g/mol. The van der Waals surface area contributed by atoms with Crippen LogP contribution in [0.5, 0.6) is 0 Å². The van der Waals surface area contributed by atoms with E-state index in [2.05, 4.69) is 15.9 Å². The van der Waals surface area contributed by atoms with Crippen LogP contribution in [0.4, 0.5) is 0 Å². The summed E-state index contributed by atoms with van der Waals surface area (Å²) in [6, 6.07) is 15.9. The molecule has 1 nitrogen and oxygen atoms in total. The molecule has 17 heavy (non-hydrogen) atoms. The third-order valence-electron chi connectivity index (χ3n) is 2.65. The van der Waals surface area contributed by atoms with E-state index in [1.54, 1.807) is 0 Å². The standard InChI is InChI=1S/C15H13BrO/c1-2-15(17)13-8-12(9-14(16)10-13)11-6-4-3-5-7-11/h3-10H,2H2,1H3. The topological polar surface area (TPSA) is 17.1 Å². The molecule has 0 radical (unpaired) electrons. The lowest BCUT2D eigenvalue weighted by Crippen LogP contribution is -1.96. The van der Waals surface area contributed by atoms with Crippen LogP contribution < -0.4 is 0 Å². The van der Waals surface area contributed by atoms with Gasteiger partial charge < -0.3 is 0 Å². The number of hydrogen-bond donors (Lipinski definition) is 0. The molecule has 0 saturated carbocycles. The minimum absolute atomic E-state index is 0.170. The second-order valence-corrected chi connectivity index (χ2v) is 4.79. The Bertz CT molecular complexity index is 532. The fourth-order valence-electron chi connectivity index (χ4n) is 1.75. The minimum Gasteiger partial charge on any atom is -0.294 e. The van der Waals surface area contributed by atoms with Gasteiger partial charge >= 0.3 is 0 Å². The molecule has 2 rings (SSSR count). The Kier molecular flexibility index (Phi) is 3.75. The van der Waals surface area contributed by atoms with Crippen molar-refractivity contribution in [2.24, 2.45) is 0 Å². The fourth-order valence-corrected chi connectivity index (χ4v) is 2.25. The number of benzene rings is 2. The van der Waals surface area contributed by atoms with Crippen LogP contribution in [0.1, 0.15) is 23.7 Å². The van der Waals surface area contributed by atoms with E-state index in [1.807, 2.05) is 55.5 Å². The third-order valence-corrected chi connectivity index (χ3v) is 3.11. The highest BCUT2D eigenvalue weighted by molar-refractivity contribution is 9.10. The molecule has 0 aliphatic carbocycles. The summed E-state index contributed by atoms with van der Waals surface area (Å²) < 4.78 is 0.940. The van der Waals surface area contributed by atoms with Crippen molar-refractivity contribution < 1.29 is 4.79 Å². The van der Waals surface area contributed by atoms with Crippen LogP contribution in [0, 0.1) is 0 Å². The van der Waals surface area contributed by atoms with Crippen LogP contribution >= 0.6 is 15.9 Å². The van der Waals surface area contributed by atoms with Gasteiger partial charge in [-0.2, -0.15) is 0 Å². The molecule has 0 spiro atoms. The molecule has 86 valence electrons. The summed E-state index contributed by atoms with van der Waals surface area (Å²) in [5.41, 5.74) is 2.96. The zero-order valence-electron chi connectivity index (χ0n) is 9.61. The molecule has 0 fully saturated rings. The van der Waals surface area contributed by atoms with Crippen molar-refractivity contribution in [2.75, 3.05) is 0 Å². The van der Waals surface area contributed by atoms with Crippen LogP contribution in [-0.2, 0) is 0 Å². The van der Waals surface area contributed by atoms with Crippen molar-refractivity contribution in [3.8, 4) is 11.1 Å². The summed E-state index contributed by atoms with van der Waals surface area (Å²) in [5, 5.41) is 0. The van der Waals surface area contributed by atoms with E-state index in [1.165, 1.54) is 0 Å². The van der Waals surface area contributed by atoms with Crippen molar-refractivity contribution in [1.29, 1.82) is 0 Å². The first-order valence-corrected chi connectivity index (χ1v) is 6.39. The van der Waals surface area contributed by atoms with Crippen molar-refractivity contribution in [3.05, 3.63) is 58.6 Å². The normalized spacial score (nSPS) is 10.2. The molecule has 0 saturated heterocycles. The highest BCUT2D eigenvalue weighted by atomic mass is 79.9. The maximum absolute atomic E-state index is 11.7. The van der Waals surface area contributed by atoms with Gasteiger partial charge in [0.2, 0.25) is 0 Å². The number of rotatable bonds is 3. The number of hydrogen-bond acceptors (Lipinski definition) is 1. The Hall–Kier alpha value is -1.41. The molecule has 0 aromatic heterocycles. The van der Waals surface area contributed by atoms with Crippen molar-refractivity contribution >= 4 is 21.7 Å².